The number of aromatic nitrogens is 8. The molecule has 15 nitrogen and oxygen atoms in total. The first kappa shape index (κ1) is 52.0. The number of imidazole rings is 2. The average molecular weight is 985 g/mol. The van der Waals surface area contributed by atoms with Crippen molar-refractivity contribution in [2.24, 2.45) is 0 Å². The number of para-hydroxylation sites is 2. The summed E-state index contributed by atoms with van der Waals surface area (Å²) in [4.78, 5) is 62.8. The van der Waals surface area contributed by atoms with Crippen LogP contribution in [0, 0.1) is 11.6 Å². The Morgan fingerprint density at radius 1 is 0.644 bits per heavy atom. The summed E-state index contributed by atoms with van der Waals surface area (Å²) in [5.41, 5.74) is 6.76. The Bertz CT molecular complexity index is 3190. The van der Waals surface area contributed by atoms with Crippen LogP contribution in [0.2, 0.25) is 0 Å². The molecule has 0 bridgehead atoms. The van der Waals surface area contributed by atoms with Gasteiger partial charge in [-0.15, -0.1) is 0 Å². The Labute approximate surface area is 421 Å². The second-order valence-corrected chi connectivity index (χ2v) is 17.0. The van der Waals surface area contributed by atoms with E-state index in [0.29, 0.717) is 63.7 Å². The Hall–Kier alpha value is -8.83. The van der Waals surface area contributed by atoms with Crippen molar-refractivity contribution in [3.8, 4) is 45.3 Å². The lowest BCUT2D eigenvalue weighted by Gasteiger charge is -2.12. The van der Waals surface area contributed by atoms with Crippen LogP contribution in [0.5, 0.6) is 0 Å². The fourth-order valence-corrected chi connectivity index (χ4v) is 7.58. The summed E-state index contributed by atoms with van der Waals surface area (Å²) < 4.78 is 35.8. The molecule has 372 valence electrons. The summed E-state index contributed by atoms with van der Waals surface area (Å²) >= 11 is 0. The second-order valence-electron chi connectivity index (χ2n) is 17.0. The van der Waals surface area contributed by atoms with Gasteiger partial charge in [-0.3, -0.25) is 14.4 Å². The number of Topliss-reactive ketones (excluding diaryl/α,β-unsaturated/α-hetero) is 1. The van der Waals surface area contributed by atoms with Crippen LogP contribution in [-0.2, 0) is 19.1 Å². The first-order valence-corrected chi connectivity index (χ1v) is 23.5. The number of nitrogens with zero attached hydrogens (tertiary/aromatic N) is 8. The molecule has 4 aromatic heterocycles. The predicted molar refractivity (Wildman–Crippen MR) is 279 cm³/mol. The predicted octanol–water partition coefficient (Wildman–Crippen LogP) is 11.4. The SMILES string of the molecule is CC(C)c1nc(-c2ccc(F)cc2)c(-c2ccnc(Nc3ccccc3)n2)n1/C=C/C=O.CCOC(=O)CC(=O)CC(O)/C=C/n1c(C(C)C)nc(-c2ccc(F)cc2)c1-c1ccnc(Nc2ccccc2)n1. The maximum absolute atomic E-state index is 13.8. The molecule has 8 aromatic rings. The molecule has 0 saturated heterocycles. The molecule has 1 unspecified atom stereocenters. The number of aliphatic hydroxyl groups excluding tert-OH is 1. The molecule has 0 aliphatic heterocycles. The molecule has 1 atom stereocenters. The third kappa shape index (κ3) is 13.7. The van der Waals surface area contributed by atoms with Gasteiger partial charge in [0.05, 0.1) is 46.9 Å². The zero-order valence-corrected chi connectivity index (χ0v) is 40.9. The quantitative estimate of drug-likeness (QED) is 0.0300. The molecule has 4 heterocycles. The monoisotopic (exact) mass is 984 g/mol. The Kier molecular flexibility index (Phi) is 17.7. The molecule has 8 rings (SSSR count). The van der Waals surface area contributed by atoms with Gasteiger partial charge in [0, 0.05) is 65.6 Å². The zero-order chi connectivity index (χ0) is 51.9. The van der Waals surface area contributed by atoms with Crippen molar-refractivity contribution < 1.29 is 33.0 Å². The van der Waals surface area contributed by atoms with E-state index in [0.717, 1.165) is 22.8 Å². The Balaban J connectivity index is 0.000000220. The topological polar surface area (TPSA) is 192 Å². The van der Waals surface area contributed by atoms with Crippen LogP contribution in [0.25, 0.3) is 57.7 Å². The molecule has 0 radical (unpaired) electrons. The maximum atomic E-state index is 13.8. The van der Waals surface area contributed by atoms with Gasteiger partial charge < -0.3 is 29.6 Å². The third-order valence-corrected chi connectivity index (χ3v) is 10.9. The summed E-state index contributed by atoms with van der Waals surface area (Å²) in [6.45, 7) is 9.84. The van der Waals surface area contributed by atoms with Crippen LogP contribution in [0.1, 0.15) is 70.9 Å². The number of benzene rings is 4. The second kappa shape index (κ2) is 24.8. The third-order valence-electron chi connectivity index (χ3n) is 10.9. The molecule has 0 spiro atoms. The molecule has 0 aliphatic rings. The summed E-state index contributed by atoms with van der Waals surface area (Å²) in [6, 6.07) is 34.9. The molecular weight excluding hydrogens is 931 g/mol. The summed E-state index contributed by atoms with van der Waals surface area (Å²) in [5.74, 6) is 0.493. The summed E-state index contributed by atoms with van der Waals surface area (Å²) in [7, 11) is 0. The molecule has 0 fully saturated rings. The number of carbonyl (C=O) groups excluding carboxylic acids is 3. The average Bonchev–Trinajstić information content (AvgIpc) is 3.96. The first-order chi connectivity index (χ1) is 35.3. The number of aldehydes is 1. The van der Waals surface area contributed by atoms with Crippen LogP contribution in [0.3, 0.4) is 0 Å². The van der Waals surface area contributed by atoms with Crippen molar-refractivity contribution in [2.75, 3.05) is 17.2 Å². The van der Waals surface area contributed by atoms with E-state index in [9.17, 15) is 28.3 Å². The largest absolute Gasteiger partial charge is 0.466 e. The van der Waals surface area contributed by atoms with E-state index < -0.39 is 24.3 Å². The number of aliphatic hydroxyl groups is 1. The van der Waals surface area contributed by atoms with Crippen molar-refractivity contribution in [2.45, 2.75) is 65.4 Å². The van der Waals surface area contributed by atoms with Gasteiger partial charge in [0.25, 0.3) is 0 Å². The number of nitrogens with one attached hydrogen (secondary N) is 2. The van der Waals surface area contributed by atoms with Crippen molar-refractivity contribution in [1.29, 1.82) is 0 Å². The van der Waals surface area contributed by atoms with E-state index in [1.165, 1.54) is 36.4 Å². The van der Waals surface area contributed by atoms with E-state index in [4.69, 9.17) is 24.7 Å². The standard InChI is InChI=1S/C31H32FN5O4.C25H22FN5O/c1-4-41-27(40)19-25(39)18-24(38)15-17-37-29(26-14-16-33-31(35-26)34-23-8-6-5-7-9-23)28(36-30(37)20(2)3)21-10-12-22(32)13-11-21;1-17(2)24-30-22(18-9-11-19(26)12-10-18)23(31(24)15-6-16-32)21-13-14-27-25(29-21)28-20-7-4-3-5-8-20/h5-17,20,24,38H,4,18-19H2,1-3H3,(H,33,34,35);3-17H,1-2H3,(H,27,28,29)/b17-15+;15-6+. The number of anilines is 4. The van der Waals surface area contributed by atoms with Crippen molar-refractivity contribution in [3.05, 3.63) is 169 Å². The number of hydrogen-bond donors (Lipinski definition) is 3. The van der Waals surface area contributed by atoms with E-state index in [1.807, 2.05) is 92.9 Å². The van der Waals surface area contributed by atoms with E-state index in [2.05, 4.69) is 20.6 Å². The van der Waals surface area contributed by atoms with Gasteiger partial charge in [0.2, 0.25) is 11.9 Å². The van der Waals surface area contributed by atoms with Crippen LogP contribution >= 0.6 is 0 Å². The summed E-state index contributed by atoms with van der Waals surface area (Å²) in [5, 5.41) is 17.0. The number of allylic oxidation sites excluding steroid dienone is 1. The molecule has 4 aromatic carbocycles. The highest BCUT2D eigenvalue weighted by molar-refractivity contribution is 5.96. The molecule has 0 saturated carbocycles. The minimum Gasteiger partial charge on any atom is -0.466 e. The van der Waals surface area contributed by atoms with Crippen molar-refractivity contribution in [1.82, 2.24) is 39.0 Å². The molecule has 3 N–H and O–H groups in total. The molecule has 0 aliphatic carbocycles. The van der Waals surface area contributed by atoms with Gasteiger partial charge in [-0.2, -0.15) is 0 Å². The lowest BCUT2D eigenvalue weighted by atomic mass is 10.1. The smallest absolute Gasteiger partial charge is 0.313 e. The number of ketones is 1. The van der Waals surface area contributed by atoms with Gasteiger partial charge in [-0.05, 0) is 104 Å². The number of esters is 1. The van der Waals surface area contributed by atoms with Crippen LogP contribution < -0.4 is 10.6 Å². The van der Waals surface area contributed by atoms with Gasteiger partial charge >= 0.3 is 5.97 Å². The van der Waals surface area contributed by atoms with Gasteiger partial charge in [0.1, 0.15) is 41.8 Å². The molecular formula is C56H54F2N10O5. The fourth-order valence-electron chi connectivity index (χ4n) is 7.58. The lowest BCUT2D eigenvalue weighted by Crippen LogP contribution is -2.16. The van der Waals surface area contributed by atoms with Crippen LogP contribution in [0.15, 0.2) is 146 Å². The van der Waals surface area contributed by atoms with Crippen molar-refractivity contribution >= 4 is 53.7 Å². The Morgan fingerprint density at radius 2 is 1.10 bits per heavy atom. The first-order valence-electron chi connectivity index (χ1n) is 23.5. The minimum absolute atomic E-state index is 0.0426. The van der Waals surface area contributed by atoms with Crippen molar-refractivity contribution in [3.63, 3.8) is 0 Å². The highest BCUT2D eigenvalue weighted by Crippen LogP contribution is 2.37. The highest BCUT2D eigenvalue weighted by Gasteiger charge is 2.25. The summed E-state index contributed by atoms with van der Waals surface area (Å²) in [6.07, 6.45) is 8.39. The maximum Gasteiger partial charge on any atom is 0.313 e. The minimum atomic E-state index is -1.15. The van der Waals surface area contributed by atoms with Crippen LogP contribution in [-0.4, -0.2) is 74.9 Å². The number of hydrogen-bond acceptors (Lipinski definition) is 13. The van der Waals surface area contributed by atoms with E-state index in [-0.39, 0.29) is 36.5 Å². The van der Waals surface area contributed by atoms with E-state index in [1.54, 1.807) is 72.7 Å². The normalized spacial score (nSPS) is 11.7. The number of carbonyl (C=O) groups is 3. The van der Waals surface area contributed by atoms with Gasteiger partial charge in [0.15, 0.2) is 0 Å². The number of rotatable bonds is 19. The molecule has 17 heteroatoms. The van der Waals surface area contributed by atoms with Crippen LogP contribution in [0.4, 0.5) is 32.1 Å². The van der Waals surface area contributed by atoms with Gasteiger partial charge in [-0.1, -0.05) is 64.1 Å². The highest BCUT2D eigenvalue weighted by atomic mass is 19.1. The molecule has 73 heavy (non-hydrogen) atoms. The molecule has 0 amide bonds. The van der Waals surface area contributed by atoms with Gasteiger partial charge in [-0.25, -0.2) is 38.7 Å². The Morgan fingerprint density at radius 3 is 1.52 bits per heavy atom. The number of halogens is 2. The lowest BCUT2D eigenvalue weighted by molar-refractivity contribution is -0.145. The number of ether oxygens (including phenoxy) is 1. The fraction of sp³-hybridized carbons (Fsp3) is 0.196. The zero-order valence-electron chi connectivity index (χ0n) is 40.9. The van der Waals surface area contributed by atoms with E-state index >= 15 is 0 Å².